The molecule has 19 heavy (non-hydrogen) atoms. The van der Waals surface area contributed by atoms with Crippen LogP contribution < -0.4 is 4.74 Å². The Kier molecular flexibility index (Phi) is 2.83. The van der Waals surface area contributed by atoms with Gasteiger partial charge in [-0.05, 0) is 37.3 Å². The van der Waals surface area contributed by atoms with Gasteiger partial charge in [0.2, 0.25) is 0 Å². The van der Waals surface area contributed by atoms with E-state index in [0.717, 1.165) is 27.9 Å². The minimum Gasteiger partial charge on any atom is -0.497 e. The van der Waals surface area contributed by atoms with E-state index in [1.807, 2.05) is 37.3 Å². The molecule has 0 amide bonds. The number of rotatable bonds is 2. The summed E-state index contributed by atoms with van der Waals surface area (Å²) in [6.07, 6.45) is 3.51. The lowest BCUT2D eigenvalue weighted by Crippen LogP contribution is -1.95. The van der Waals surface area contributed by atoms with Gasteiger partial charge in [-0.1, -0.05) is 0 Å². The summed E-state index contributed by atoms with van der Waals surface area (Å²) < 4.78 is 5.23. The molecule has 0 bridgehead atoms. The predicted molar refractivity (Wildman–Crippen MR) is 74.1 cm³/mol. The summed E-state index contributed by atoms with van der Waals surface area (Å²) in [6, 6.07) is 9.64. The quantitative estimate of drug-likeness (QED) is 0.702. The molecule has 1 aromatic carbocycles. The van der Waals surface area contributed by atoms with Crippen molar-refractivity contribution in [2.75, 3.05) is 7.11 Å². The van der Waals surface area contributed by atoms with Crippen molar-refractivity contribution in [1.82, 2.24) is 15.0 Å². The molecule has 3 aromatic rings. The Morgan fingerprint density at radius 2 is 2.00 bits per heavy atom. The van der Waals surface area contributed by atoms with Gasteiger partial charge in [-0.25, -0.2) is 9.97 Å². The van der Waals surface area contributed by atoms with Crippen molar-refractivity contribution in [3.63, 3.8) is 0 Å². The van der Waals surface area contributed by atoms with Crippen LogP contribution in [0.4, 0.5) is 0 Å². The minimum atomic E-state index is 0.697. The average Bonchev–Trinajstić information content (AvgIpc) is 2.48. The highest BCUT2D eigenvalue weighted by atomic mass is 16.5. The van der Waals surface area contributed by atoms with Gasteiger partial charge in [0.25, 0.3) is 0 Å². The maximum absolute atomic E-state index is 5.23. The maximum Gasteiger partial charge on any atom is 0.161 e. The molecule has 0 aliphatic heterocycles. The van der Waals surface area contributed by atoms with Gasteiger partial charge in [-0.3, -0.25) is 4.98 Å². The Hall–Kier alpha value is -2.49. The predicted octanol–water partition coefficient (Wildman–Crippen LogP) is 3.01. The van der Waals surface area contributed by atoms with E-state index in [1.54, 1.807) is 19.5 Å². The number of ether oxygens (including phenoxy) is 1. The summed E-state index contributed by atoms with van der Waals surface area (Å²) in [5.41, 5.74) is 2.76. The molecule has 4 nitrogen and oxygen atoms in total. The van der Waals surface area contributed by atoms with Gasteiger partial charge >= 0.3 is 0 Å². The molecule has 0 atom stereocenters. The summed E-state index contributed by atoms with van der Waals surface area (Å²) in [4.78, 5) is 13.2. The average molecular weight is 251 g/mol. The summed E-state index contributed by atoms with van der Waals surface area (Å²) in [5.74, 6) is 1.51. The Morgan fingerprint density at radius 3 is 2.74 bits per heavy atom. The zero-order valence-corrected chi connectivity index (χ0v) is 10.8. The van der Waals surface area contributed by atoms with E-state index in [0.29, 0.717) is 5.82 Å². The van der Waals surface area contributed by atoms with E-state index < -0.39 is 0 Å². The second-order valence-corrected chi connectivity index (χ2v) is 4.26. The van der Waals surface area contributed by atoms with Gasteiger partial charge < -0.3 is 4.74 Å². The number of methoxy groups -OCH3 is 1. The SMILES string of the molecule is COc1ccc2nc(-c3cccnc3)nc(C)c2c1. The monoisotopic (exact) mass is 251 g/mol. The van der Waals surface area contributed by atoms with Crippen LogP contribution in [-0.4, -0.2) is 22.1 Å². The fraction of sp³-hybridized carbons (Fsp3) is 0.133. The van der Waals surface area contributed by atoms with E-state index in [1.165, 1.54) is 0 Å². The van der Waals surface area contributed by atoms with E-state index in [2.05, 4.69) is 15.0 Å². The third-order valence-corrected chi connectivity index (χ3v) is 3.01. The Bertz CT molecular complexity index is 726. The van der Waals surface area contributed by atoms with Gasteiger partial charge in [-0.15, -0.1) is 0 Å². The fourth-order valence-electron chi connectivity index (χ4n) is 2.01. The van der Waals surface area contributed by atoms with Crippen LogP contribution in [0.5, 0.6) is 5.75 Å². The van der Waals surface area contributed by atoms with Gasteiger partial charge in [0.15, 0.2) is 5.82 Å². The maximum atomic E-state index is 5.23. The van der Waals surface area contributed by atoms with Crippen LogP contribution >= 0.6 is 0 Å². The van der Waals surface area contributed by atoms with Crippen LogP contribution in [0.15, 0.2) is 42.7 Å². The molecular weight excluding hydrogens is 238 g/mol. The van der Waals surface area contributed by atoms with Crippen molar-refractivity contribution >= 4 is 10.9 Å². The standard InChI is InChI=1S/C15H13N3O/c1-10-13-8-12(19-2)5-6-14(13)18-15(17-10)11-4-3-7-16-9-11/h3-9H,1-2H3. The molecule has 0 aliphatic rings. The third-order valence-electron chi connectivity index (χ3n) is 3.01. The van der Waals surface area contributed by atoms with E-state index in [-0.39, 0.29) is 0 Å². The van der Waals surface area contributed by atoms with Crippen molar-refractivity contribution in [3.8, 4) is 17.1 Å². The Morgan fingerprint density at radius 1 is 1.11 bits per heavy atom. The molecule has 0 N–H and O–H groups in total. The second-order valence-electron chi connectivity index (χ2n) is 4.26. The molecule has 0 radical (unpaired) electrons. The summed E-state index contributed by atoms with van der Waals surface area (Å²) in [6.45, 7) is 1.98. The molecule has 0 aliphatic carbocycles. The fourth-order valence-corrected chi connectivity index (χ4v) is 2.01. The molecule has 4 heteroatoms. The first kappa shape index (κ1) is 11.6. The smallest absolute Gasteiger partial charge is 0.161 e. The molecular formula is C15H13N3O. The number of hydrogen-bond acceptors (Lipinski definition) is 4. The Balaban J connectivity index is 2.20. The lowest BCUT2D eigenvalue weighted by molar-refractivity contribution is 0.415. The summed E-state index contributed by atoms with van der Waals surface area (Å²) >= 11 is 0. The van der Waals surface area contributed by atoms with E-state index in [4.69, 9.17) is 4.74 Å². The van der Waals surface area contributed by atoms with Crippen molar-refractivity contribution in [3.05, 3.63) is 48.4 Å². The molecule has 0 saturated heterocycles. The van der Waals surface area contributed by atoms with E-state index >= 15 is 0 Å². The number of aromatic nitrogens is 3. The highest BCUT2D eigenvalue weighted by Crippen LogP contribution is 2.24. The van der Waals surface area contributed by atoms with Crippen LogP contribution in [0.2, 0.25) is 0 Å². The normalized spacial score (nSPS) is 10.6. The first-order valence-electron chi connectivity index (χ1n) is 6.01. The van der Waals surface area contributed by atoms with E-state index in [9.17, 15) is 0 Å². The van der Waals surface area contributed by atoms with Crippen LogP contribution in [0.1, 0.15) is 5.69 Å². The number of pyridine rings is 1. The van der Waals surface area contributed by atoms with Crippen molar-refractivity contribution in [1.29, 1.82) is 0 Å². The van der Waals surface area contributed by atoms with Crippen LogP contribution in [0, 0.1) is 6.92 Å². The summed E-state index contributed by atoms with van der Waals surface area (Å²) in [5, 5.41) is 1.01. The van der Waals surface area contributed by atoms with Gasteiger partial charge in [0, 0.05) is 29.0 Å². The molecule has 2 aromatic heterocycles. The highest BCUT2D eigenvalue weighted by Gasteiger charge is 2.07. The number of hydrogen-bond donors (Lipinski definition) is 0. The number of nitrogens with zero attached hydrogens (tertiary/aromatic N) is 3. The second kappa shape index (κ2) is 4.65. The topological polar surface area (TPSA) is 47.9 Å². The van der Waals surface area contributed by atoms with Gasteiger partial charge in [0.05, 0.1) is 12.6 Å². The molecule has 2 heterocycles. The number of aryl methyl sites for hydroxylation is 1. The van der Waals surface area contributed by atoms with Crippen molar-refractivity contribution in [2.45, 2.75) is 6.92 Å². The van der Waals surface area contributed by atoms with Crippen molar-refractivity contribution < 1.29 is 4.74 Å². The zero-order valence-electron chi connectivity index (χ0n) is 10.8. The third kappa shape index (κ3) is 2.12. The zero-order chi connectivity index (χ0) is 13.2. The van der Waals surface area contributed by atoms with Gasteiger partial charge in [0.1, 0.15) is 5.75 Å². The van der Waals surface area contributed by atoms with Crippen molar-refractivity contribution in [2.24, 2.45) is 0 Å². The molecule has 3 rings (SSSR count). The lowest BCUT2D eigenvalue weighted by atomic mass is 10.1. The Labute approximate surface area is 111 Å². The first-order chi connectivity index (χ1) is 9.28. The van der Waals surface area contributed by atoms with Gasteiger partial charge in [-0.2, -0.15) is 0 Å². The lowest BCUT2D eigenvalue weighted by Gasteiger charge is -2.07. The number of fused-ring (bicyclic) bond motifs is 1. The van der Waals surface area contributed by atoms with Crippen LogP contribution in [0.3, 0.4) is 0 Å². The molecule has 0 spiro atoms. The molecule has 0 fully saturated rings. The largest absolute Gasteiger partial charge is 0.497 e. The molecule has 94 valence electrons. The molecule has 0 unspecified atom stereocenters. The summed E-state index contributed by atoms with van der Waals surface area (Å²) in [7, 11) is 1.65. The molecule has 0 saturated carbocycles. The number of benzene rings is 1. The highest BCUT2D eigenvalue weighted by molar-refractivity contribution is 5.83. The van der Waals surface area contributed by atoms with Crippen LogP contribution in [-0.2, 0) is 0 Å². The first-order valence-corrected chi connectivity index (χ1v) is 6.01. The minimum absolute atomic E-state index is 0.697. The van der Waals surface area contributed by atoms with Crippen LogP contribution in [0.25, 0.3) is 22.3 Å².